The maximum Gasteiger partial charge on any atom is 0.191 e. The monoisotopic (exact) mass is 460 g/mol. The number of benzene rings is 1. The quantitative estimate of drug-likeness (QED) is 0.271. The standard InChI is InChI=1S/C19H32N4O.HI/c1-3-20-19(22-16-17-10-13-23(2)14-11-17)21-12-7-15-24-18-8-5-4-6-9-18;/h4-6,8-9,17H,3,7,10-16H2,1-2H3,(H2,20,21,22);1H. The average Bonchev–Trinajstić information content (AvgIpc) is 2.61. The molecule has 0 atom stereocenters. The molecule has 1 aromatic rings. The fourth-order valence-electron chi connectivity index (χ4n) is 2.79. The lowest BCUT2D eigenvalue weighted by Gasteiger charge is -2.28. The maximum absolute atomic E-state index is 5.71. The third-order valence-electron chi connectivity index (χ3n) is 4.32. The van der Waals surface area contributed by atoms with Crippen molar-refractivity contribution in [2.75, 3.05) is 46.4 Å². The van der Waals surface area contributed by atoms with E-state index in [0.717, 1.165) is 43.7 Å². The van der Waals surface area contributed by atoms with Gasteiger partial charge in [-0.1, -0.05) is 18.2 Å². The molecule has 0 aromatic heterocycles. The highest BCUT2D eigenvalue weighted by Crippen LogP contribution is 2.15. The van der Waals surface area contributed by atoms with Gasteiger partial charge in [0, 0.05) is 19.6 Å². The lowest BCUT2D eigenvalue weighted by molar-refractivity contribution is 0.223. The van der Waals surface area contributed by atoms with Gasteiger partial charge in [0.1, 0.15) is 5.75 Å². The van der Waals surface area contributed by atoms with Gasteiger partial charge in [-0.2, -0.15) is 0 Å². The summed E-state index contributed by atoms with van der Waals surface area (Å²) in [6, 6.07) is 9.96. The topological polar surface area (TPSA) is 48.9 Å². The van der Waals surface area contributed by atoms with Gasteiger partial charge in [-0.05, 0) is 64.4 Å². The van der Waals surface area contributed by atoms with Gasteiger partial charge in [-0.25, -0.2) is 0 Å². The van der Waals surface area contributed by atoms with Gasteiger partial charge in [0.05, 0.1) is 6.61 Å². The number of hydrogen-bond donors (Lipinski definition) is 2. The second-order valence-corrected chi connectivity index (χ2v) is 6.41. The molecule has 1 saturated heterocycles. The number of nitrogens with zero attached hydrogens (tertiary/aromatic N) is 2. The second kappa shape index (κ2) is 13.2. The first-order chi connectivity index (χ1) is 11.8. The van der Waals surface area contributed by atoms with Crippen molar-refractivity contribution in [2.24, 2.45) is 10.9 Å². The summed E-state index contributed by atoms with van der Waals surface area (Å²) in [5.41, 5.74) is 0. The van der Waals surface area contributed by atoms with Crippen LogP contribution in [0.1, 0.15) is 26.2 Å². The molecule has 1 aliphatic heterocycles. The van der Waals surface area contributed by atoms with Crippen LogP contribution in [0.5, 0.6) is 5.75 Å². The van der Waals surface area contributed by atoms with Crippen molar-refractivity contribution >= 4 is 29.9 Å². The molecular weight excluding hydrogens is 427 g/mol. The van der Waals surface area contributed by atoms with Crippen LogP contribution in [0, 0.1) is 5.92 Å². The number of ether oxygens (including phenoxy) is 1. The Morgan fingerprint density at radius 3 is 2.60 bits per heavy atom. The molecule has 1 heterocycles. The number of likely N-dealkylation sites (tertiary alicyclic amines) is 1. The zero-order chi connectivity index (χ0) is 17.0. The summed E-state index contributed by atoms with van der Waals surface area (Å²) in [7, 11) is 2.20. The Balaban J connectivity index is 0.00000312. The number of para-hydroxylation sites is 1. The van der Waals surface area contributed by atoms with Crippen molar-refractivity contribution in [1.29, 1.82) is 0 Å². The number of hydrogen-bond acceptors (Lipinski definition) is 3. The molecule has 1 fully saturated rings. The number of piperidine rings is 1. The van der Waals surface area contributed by atoms with E-state index in [-0.39, 0.29) is 24.0 Å². The zero-order valence-electron chi connectivity index (χ0n) is 15.5. The Morgan fingerprint density at radius 1 is 1.20 bits per heavy atom. The second-order valence-electron chi connectivity index (χ2n) is 6.41. The van der Waals surface area contributed by atoms with Crippen LogP contribution in [0.4, 0.5) is 0 Å². The van der Waals surface area contributed by atoms with Crippen molar-refractivity contribution in [1.82, 2.24) is 15.5 Å². The van der Waals surface area contributed by atoms with Crippen LogP contribution in [-0.4, -0.2) is 57.2 Å². The molecule has 0 saturated carbocycles. The number of nitrogens with one attached hydrogen (secondary N) is 2. The number of rotatable bonds is 8. The van der Waals surface area contributed by atoms with Crippen LogP contribution in [0.3, 0.4) is 0 Å². The van der Waals surface area contributed by atoms with Gasteiger partial charge < -0.3 is 20.3 Å². The Labute approximate surface area is 169 Å². The van der Waals surface area contributed by atoms with Crippen molar-refractivity contribution < 1.29 is 4.74 Å². The average molecular weight is 460 g/mol. The molecule has 1 aromatic carbocycles. The highest BCUT2D eigenvalue weighted by atomic mass is 127. The van der Waals surface area contributed by atoms with Gasteiger partial charge in [0.15, 0.2) is 5.96 Å². The molecular formula is C19H33IN4O. The molecule has 5 nitrogen and oxygen atoms in total. The largest absolute Gasteiger partial charge is 0.494 e. The van der Waals surface area contributed by atoms with Crippen LogP contribution >= 0.6 is 24.0 Å². The minimum Gasteiger partial charge on any atom is -0.494 e. The summed E-state index contributed by atoms with van der Waals surface area (Å²) in [5.74, 6) is 2.58. The van der Waals surface area contributed by atoms with Crippen molar-refractivity contribution in [2.45, 2.75) is 26.2 Å². The maximum atomic E-state index is 5.71. The van der Waals surface area contributed by atoms with E-state index >= 15 is 0 Å². The van der Waals surface area contributed by atoms with Gasteiger partial charge >= 0.3 is 0 Å². The molecule has 0 aliphatic carbocycles. The van der Waals surface area contributed by atoms with E-state index in [4.69, 9.17) is 9.73 Å². The fraction of sp³-hybridized carbons (Fsp3) is 0.632. The van der Waals surface area contributed by atoms with E-state index in [9.17, 15) is 0 Å². The number of aliphatic imine (C=N–C) groups is 1. The molecule has 6 heteroatoms. The van der Waals surface area contributed by atoms with Crippen molar-refractivity contribution in [3.05, 3.63) is 30.3 Å². The third kappa shape index (κ3) is 9.30. The normalized spacial score (nSPS) is 16.2. The molecule has 0 spiro atoms. The minimum absolute atomic E-state index is 0. The van der Waals surface area contributed by atoms with E-state index in [1.807, 2.05) is 30.3 Å². The SMILES string of the molecule is CCNC(=NCC1CCN(C)CC1)NCCCOc1ccccc1.I. The Morgan fingerprint density at radius 2 is 1.92 bits per heavy atom. The molecule has 142 valence electrons. The smallest absolute Gasteiger partial charge is 0.191 e. The lowest BCUT2D eigenvalue weighted by Crippen LogP contribution is -2.39. The minimum atomic E-state index is 0. The summed E-state index contributed by atoms with van der Waals surface area (Å²) in [6.45, 7) is 7.88. The fourth-order valence-corrected chi connectivity index (χ4v) is 2.79. The van der Waals surface area contributed by atoms with E-state index < -0.39 is 0 Å². The third-order valence-corrected chi connectivity index (χ3v) is 4.32. The molecule has 0 radical (unpaired) electrons. The summed E-state index contributed by atoms with van der Waals surface area (Å²) < 4.78 is 5.71. The predicted octanol–water partition coefficient (Wildman–Crippen LogP) is 2.97. The first-order valence-electron chi connectivity index (χ1n) is 9.16. The zero-order valence-corrected chi connectivity index (χ0v) is 17.9. The highest BCUT2D eigenvalue weighted by molar-refractivity contribution is 14.0. The molecule has 2 N–H and O–H groups in total. The molecule has 0 amide bonds. The summed E-state index contributed by atoms with van der Waals surface area (Å²) in [6.07, 6.45) is 3.46. The number of guanidine groups is 1. The lowest BCUT2D eigenvalue weighted by atomic mass is 9.97. The van der Waals surface area contributed by atoms with Crippen LogP contribution in [0.15, 0.2) is 35.3 Å². The number of halogens is 1. The molecule has 1 aliphatic rings. The first-order valence-corrected chi connectivity index (χ1v) is 9.16. The molecule has 0 bridgehead atoms. The van der Waals surface area contributed by atoms with Crippen molar-refractivity contribution in [3.63, 3.8) is 0 Å². The van der Waals surface area contributed by atoms with Gasteiger partial charge in [-0.15, -0.1) is 24.0 Å². The molecule has 2 rings (SSSR count). The van der Waals surface area contributed by atoms with Gasteiger partial charge in [0.25, 0.3) is 0 Å². The highest BCUT2D eigenvalue weighted by Gasteiger charge is 2.16. The Kier molecular flexibility index (Phi) is 11.6. The summed E-state index contributed by atoms with van der Waals surface area (Å²) in [4.78, 5) is 7.15. The van der Waals surface area contributed by atoms with E-state index in [2.05, 4.69) is 29.5 Å². The molecule has 25 heavy (non-hydrogen) atoms. The van der Waals surface area contributed by atoms with Gasteiger partial charge in [-0.3, -0.25) is 4.99 Å². The van der Waals surface area contributed by atoms with E-state index in [1.54, 1.807) is 0 Å². The summed E-state index contributed by atoms with van der Waals surface area (Å²) >= 11 is 0. The Hall–Kier alpha value is -1.02. The Bertz CT molecular complexity index is 476. The van der Waals surface area contributed by atoms with Crippen LogP contribution < -0.4 is 15.4 Å². The van der Waals surface area contributed by atoms with Crippen LogP contribution in [-0.2, 0) is 0 Å². The van der Waals surface area contributed by atoms with Crippen LogP contribution in [0.2, 0.25) is 0 Å². The van der Waals surface area contributed by atoms with Gasteiger partial charge in [0.2, 0.25) is 0 Å². The van der Waals surface area contributed by atoms with E-state index in [0.29, 0.717) is 6.61 Å². The van der Waals surface area contributed by atoms with Crippen molar-refractivity contribution in [3.8, 4) is 5.75 Å². The summed E-state index contributed by atoms with van der Waals surface area (Å²) in [5, 5.41) is 6.73. The van der Waals surface area contributed by atoms with E-state index in [1.165, 1.54) is 25.9 Å². The molecule has 0 unspecified atom stereocenters. The van der Waals surface area contributed by atoms with Crippen LogP contribution in [0.25, 0.3) is 0 Å². The first kappa shape index (κ1) is 22.0. The predicted molar refractivity (Wildman–Crippen MR) is 116 cm³/mol.